The van der Waals surface area contributed by atoms with Crippen LogP contribution in [0.4, 0.5) is 5.69 Å². The molecule has 0 aliphatic rings. The molecule has 36 heavy (non-hydrogen) atoms. The van der Waals surface area contributed by atoms with E-state index >= 15 is 0 Å². The van der Waals surface area contributed by atoms with Crippen molar-refractivity contribution in [1.82, 2.24) is 5.32 Å². The highest BCUT2D eigenvalue weighted by Gasteiger charge is 2.10. The molecule has 0 saturated carbocycles. The van der Waals surface area contributed by atoms with Gasteiger partial charge >= 0.3 is 5.97 Å². The maximum atomic E-state index is 12.5. The molecule has 0 aliphatic heterocycles. The Morgan fingerprint density at radius 3 is 2.33 bits per heavy atom. The summed E-state index contributed by atoms with van der Waals surface area (Å²) in [4.78, 5) is 35.9. The number of nitrogens with one attached hydrogen (secondary N) is 2. The third-order valence-electron chi connectivity index (χ3n) is 5.23. The van der Waals surface area contributed by atoms with E-state index in [2.05, 4.69) is 10.6 Å². The number of anilines is 1. The number of ether oxygens (including phenoxy) is 3. The summed E-state index contributed by atoms with van der Waals surface area (Å²) in [7, 11) is 1.59. The molecule has 0 fully saturated rings. The lowest BCUT2D eigenvalue weighted by molar-refractivity contribution is -0.131. The third kappa shape index (κ3) is 7.87. The first-order valence-corrected chi connectivity index (χ1v) is 11.6. The molecule has 2 amide bonds. The van der Waals surface area contributed by atoms with E-state index in [0.29, 0.717) is 54.5 Å². The van der Waals surface area contributed by atoms with Crippen LogP contribution >= 0.6 is 0 Å². The van der Waals surface area contributed by atoms with E-state index in [4.69, 9.17) is 14.2 Å². The van der Waals surface area contributed by atoms with Gasteiger partial charge in [0.25, 0.3) is 5.91 Å². The summed E-state index contributed by atoms with van der Waals surface area (Å²) in [6.07, 6.45) is 0.926. The van der Waals surface area contributed by atoms with Crippen LogP contribution in [0.25, 0.3) is 0 Å². The van der Waals surface area contributed by atoms with Crippen molar-refractivity contribution in [3.63, 3.8) is 0 Å². The maximum Gasteiger partial charge on any atom is 0.308 e. The van der Waals surface area contributed by atoms with Crippen molar-refractivity contribution in [1.29, 1.82) is 0 Å². The number of amides is 2. The summed E-state index contributed by atoms with van der Waals surface area (Å²) in [5, 5.41) is 5.72. The van der Waals surface area contributed by atoms with Crippen LogP contribution in [-0.2, 0) is 22.6 Å². The van der Waals surface area contributed by atoms with Crippen molar-refractivity contribution in [2.45, 2.75) is 33.2 Å². The standard InChI is InChI=1S/C28H30N2O6/c1-4-35-25-14-10-20(16-26(25)34-3)11-15-27(32)29-18-21-8-12-23(13-9-21)30-28(33)22-6-5-7-24(17-22)36-19(2)31/h5-10,12-14,16-17H,4,11,15,18H2,1-3H3,(H,29,32)(H,30,33). The molecule has 0 aliphatic carbocycles. The van der Waals surface area contributed by atoms with E-state index in [9.17, 15) is 14.4 Å². The highest BCUT2D eigenvalue weighted by atomic mass is 16.5. The van der Waals surface area contributed by atoms with E-state index in [-0.39, 0.29) is 11.8 Å². The van der Waals surface area contributed by atoms with Crippen LogP contribution in [-0.4, -0.2) is 31.5 Å². The van der Waals surface area contributed by atoms with E-state index in [1.165, 1.54) is 13.0 Å². The molecule has 0 heterocycles. The average Bonchev–Trinajstić information content (AvgIpc) is 2.87. The summed E-state index contributed by atoms with van der Waals surface area (Å²) in [5.74, 6) is 0.806. The average molecular weight is 491 g/mol. The van der Waals surface area contributed by atoms with Crippen molar-refractivity contribution in [3.05, 3.63) is 83.4 Å². The molecule has 0 aromatic heterocycles. The summed E-state index contributed by atoms with van der Waals surface area (Å²) in [6, 6.07) is 19.3. The number of aryl methyl sites for hydroxylation is 1. The van der Waals surface area contributed by atoms with Gasteiger partial charge in [0.15, 0.2) is 11.5 Å². The number of hydrogen-bond acceptors (Lipinski definition) is 6. The first kappa shape index (κ1) is 26.3. The summed E-state index contributed by atoms with van der Waals surface area (Å²) in [6.45, 7) is 4.15. The van der Waals surface area contributed by atoms with Gasteiger partial charge in [-0.1, -0.05) is 24.3 Å². The third-order valence-corrected chi connectivity index (χ3v) is 5.23. The van der Waals surface area contributed by atoms with Crippen LogP contribution in [0.2, 0.25) is 0 Å². The SMILES string of the molecule is CCOc1ccc(CCC(=O)NCc2ccc(NC(=O)c3cccc(OC(C)=O)c3)cc2)cc1OC. The number of rotatable bonds is 11. The molecule has 0 saturated heterocycles. The molecule has 0 spiro atoms. The maximum absolute atomic E-state index is 12.5. The zero-order chi connectivity index (χ0) is 25.9. The molecule has 8 nitrogen and oxygen atoms in total. The number of esters is 1. The van der Waals surface area contributed by atoms with Gasteiger partial charge in [-0.2, -0.15) is 0 Å². The Morgan fingerprint density at radius 2 is 1.64 bits per heavy atom. The second-order valence-electron chi connectivity index (χ2n) is 7.97. The van der Waals surface area contributed by atoms with Crippen molar-refractivity contribution in [2.75, 3.05) is 19.0 Å². The second-order valence-corrected chi connectivity index (χ2v) is 7.97. The topological polar surface area (TPSA) is 103 Å². The second kappa shape index (κ2) is 12.9. The molecular weight excluding hydrogens is 460 g/mol. The first-order valence-electron chi connectivity index (χ1n) is 11.6. The molecule has 8 heteroatoms. The summed E-state index contributed by atoms with van der Waals surface area (Å²) >= 11 is 0. The normalized spacial score (nSPS) is 10.3. The number of carbonyl (C=O) groups excluding carboxylic acids is 3. The minimum atomic E-state index is -0.452. The zero-order valence-electron chi connectivity index (χ0n) is 20.6. The predicted octanol–water partition coefficient (Wildman–Crippen LogP) is 4.52. The number of methoxy groups -OCH3 is 1. The Hall–Kier alpha value is -4.33. The van der Waals surface area contributed by atoms with Gasteiger partial charge in [0, 0.05) is 31.1 Å². The minimum Gasteiger partial charge on any atom is -0.493 e. The van der Waals surface area contributed by atoms with Gasteiger partial charge < -0.3 is 24.8 Å². The molecule has 3 aromatic carbocycles. The quantitative estimate of drug-likeness (QED) is 0.303. The first-order chi connectivity index (χ1) is 17.4. The summed E-state index contributed by atoms with van der Waals surface area (Å²) in [5.41, 5.74) is 2.87. The lowest BCUT2D eigenvalue weighted by Crippen LogP contribution is -2.23. The van der Waals surface area contributed by atoms with Crippen LogP contribution in [0.1, 0.15) is 41.8 Å². The van der Waals surface area contributed by atoms with E-state index in [0.717, 1.165) is 11.1 Å². The van der Waals surface area contributed by atoms with Gasteiger partial charge in [-0.25, -0.2) is 0 Å². The smallest absolute Gasteiger partial charge is 0.308 e. The van der Waals surface area contributed by atoms with E-state index in [1.807, 2.05) is 37.3 Å². The highest BCUT2D eigenvalue weighted by Crippen LogP contribution is 2.28. The number of hydrogen-bond donors (Lipinski definition) is 2. The minimum absolute atomic E-state index is 0.0621. The highest BCUT2D eigenvalue weighted by molar-refractivity contribution is 6.04. The Morgan fingerprint density at radius 1 is 0.889 bits per heavy atom. The monoisotopic (exact) mass is 490 g/mol. The van der Waals surface area contributed by atoms with Crippen LogP contribution in [0.15, 0.2) is 66.7 Å². The van der Waals surface area contributed by atoms with Crippen LogP contribution in [0, 0.1) is 0 Å². The lowest BCUT2D eigenvalue weighted by Gasteiger charge is -2.11. The molecule has 3 aromatic rings. The molecule has 0 unspecified atom stereocenters. The largest absolute Gasteiger partial charge is 0.493 e. The molecule has 0 atom stereocenters. The molecule has 0 radical (unpaired) electrons. The molecule has 0 bridgehead atoms. The number of carbonyl (C=O) groups is 3. The molecule has 2 N–H and O–H groups in total. The molecule has 3 rings (SSSR count). The van der Waals surface area contributed by atoms with Gasteiger partial charge in [0.05, 0.1) is 13.7 Å². The fourth-order valence-corrected chi connectivity index (χ4v) is 3.47. The fourth-order valence-electron chi connectivity index (χ4n) is 3.47. The van der Waals surface area contributed by atoms with Crippen LogP contribution in [0.3, 0.4) is 0 Å². The fraction of sp³-hybridized carbons (Fsp3) is 0.250. The predicted molar refractivity (Wildman–Crippen MR) is 136 cm³/mol. The van der Waals surface area contributed by atoms with Gasteiger partial charge in [-0.3, -0.25) is 14.4 Å². The summed E-state index contributed by atoms with van der Waals surface area (Å²) < 4.78 is 15.9. The van der Waals surface area contributed by atoms with E-state index < -0.39 is 5.97 Å². The Bertz CT molecular complexity index is 1210. The van der Waals surface area contributed by atoms with Crippen molar-refractivity contribution >= 4 is 23.5 Å². The molecule has 188 valence electrons. The molecular formula is C28H30N2O6. The Balaban J connectivity index is 1.47. The van der Waals surface area contributed by atoms with Crippen LogP contribution in [0.5, 0.6) is 17.2 Å². The Labute approximate surface area is 210 Å². The van der Waals surface area contributed by atoms with Gasteiger partial charge in [-0.15, -0.1) is 0 Å². The van der Waals surface area contributed by atoms with Crippen molar-refractivity contribution < 1.29 is 28.6 Å². The van der Waals surface area contributed by atoms with Gasteiger partial charge in [0.2, 0.25) is 5.91 Å². The Kier molecular flexibility index (Phi) is 9.45. The van der Waals surface area contributed by atoms with Crippen molar-refractivity contribution in [3.8, 4) is 17.2 Å². The number of benzene rings is 3. The van der Waals surface area contributed by atoms with Crippen LogP contribution < -0.4 is 24.8 Å². The van der Waals surface area contributed by atoms with Crippen molar-refractivity contribution in [2.24, 2.45) is 0 Å². The zero-order valence-corrected chi connectivity index (χ0v) is 20.6. The van der Waals surface area contributed by atoms with Gasteiger partial charge in [-0.05, 0) is 66.9 Å². The van der Waals surface area contributed by atoms with Gasteiger partial charge in [0.1, 0.15) is 5.75 Å². The lowest BCUT2D eigenvalue weighted by atomic mass is 10.1. The van der Waals surface area contributed by atoms with E-state index in [1.54, 1.807) is 37.4 Å².